The molecule has 0 fully saturated rings. The second-order valence-corrected chi connectivity index (χ2v) is 5.14. The highest BCUT2D eigenvalue weighted by molar-refractivity contribution is 5.50. The van der Waals surface area contributed by atoms with Crippen LogP contribution in [0.25, 0.3) is 0 Å². The maximum absolute atomic E-state index is 13.3. The first-order valence-electron chi connectivity index (χ1n) is 6.21. The third kappa shape index (κ3) is 3.64. The molecule has 0 aliphatic rings. The van der Waals surface area contributed by atoms with Crippen LogP contribution in [-0.2, 0) is 17.8 Å². The van der Waals surface area contributed by atoms with Crippen molar-refractivity contribution in [1.82, 2.24) is 0 Å². The molecule has 0 saturated carbocycles. The number of benzene rings is 1. The Kier molecular flexibility index (Phi) is 5.35. The van der Waals surface area contributed by atoms with E-state index in [0.717, 1.165) is 0 Å². The minimum Gasteiger partial charge on any atom is -0.507 e. The molecule has 16 heteroatoms. The third-order valence-electron chi connectivity index (χ3n) is 3.22. The Balaban J connectivity index is 4.06. The lowest BCUT2D eigenvalue weighted by Crippen LogP contribution is -2.39. The number of rotatable bonds is 3. The van der Waals surface area contributed by atoms with Crippen LogP contribution >= 0.6 is 0 Å². The molecule has 1 N–H and O–H groups in total. The monoisotopic (exact) mass is 448 g/mol. The van der Waals surface area contributed by atoms with Crippen LogP contribution in [0.2, 0.25) is 0 Å². The molecule has 162 valence electrons. The number of hydrogen-bond donors (Lipinski definition) is 1. The predicted molar refractivity (Wildman–Crippen MR) is 58.0 cm³/mol. The molecule has 1 rings (SSSR count). The highest BCUT2D eigenvalue weighted by Crippen LogP contribution is 2.55. The number of alkyl halides is 15. The molecule has 0 saturated heterocycles. The van der Waals surface area contributed by atoms with Gasteiger partial charge in [-0.05, 0) is 12.1 Å². The van der Waals surface area contributed by atoms with Crippen LogP contribution < -0.4 is 0 Å². The molecule has 1 aromatic carbocycles. The summed E-state index contributed by atoms with van der Waals surface area (Å²) in [5, 5.41) is 9.09. The second kappa shape index (κ2) is 6.23. The van der Waals surface area contributed by atoms with Crippen LogP contribution in [0.15, 0.2) is 12.1 Å². The van der Waals surface area contributed by atoms with Gasteiger partial charge in [-0.25, -0.2) is 0 Å². The summed E-state index contributed by atoms with van der Waals surface area (Å²) in [6, 6.07) is -2.71. The van der Waals surface area contributed by atoms with E-state index in [1.54, 1.807) is 0 Å². The normalized spacial score (nSPS) is 15.1. The molecule has 0 bridgehead atoms. The van der Waals surface area contributed by atoms with E-state index in [1.165, 1.54) is 0 Å². The van der Waals surface area contributed by atoms with E-state index >= 15 is 0 Å². The molecule has 0 amide bonds. The Morgan fingerprint density at radius 1 is 0.464 bits per heavy atom. The van der Waals surface area contributed by atoms with Crippen LogP contribution in [0.1, 0.15) is 16.7 Å². The van der Waals surface area contributed by atoms with E-state index < -0.39 is 70.9 Å². The van der Waals surface area contributed by atoms with Crippen LogP contribution in [0.3, 0.4) is 0 Å². The first-order chi connectivity index (χ1) is 12.0. The fourth-order valence-corrected chi connectivity index (χ4v) is 1.76. The zero-order valence-corrected chi connectivity index (χ0v) is 12.3. The van der Waals surface area contributed by atoms with Crippen molar-refractivity contribution in [1.29, 1.82) is 0 Å². The van der Waals surface area contributed by atoms with Gasteiger partial charge in [0.05, 0.1) is 11.1 Å². The van der Waals surface area contributed by atoms with E-state index in [0.29, 0.717) is 0 Å². The lowest BCUT2D eigenvalue weighted by Gasteiger charge is -2.28. The van der Waals surface area contributed by atoms with Crippen molar-refractivity contribution < 1.29 is 71.0 Å². The summed E-state index contributed by atoms with van der Waals surface area (Å²) in [5.41, 5.74) is -9.80. The van der Waals surface area contributed by atoms with Gasteiger partial charge in [0.15, 0.2) is 0 Å². The van der Waals surface area contributed by atoms with Gasteiger partial charge < -0.3 is 5.11 Å². The van der Waals surface area contributed by atoms with Gasteiger partial charge in [-0.1, -0.05) is 0 Å². The molecule has 0 aliphatic heterocycles. The maximum Gasteiger partial charge on any atom is 0.458 e. The van der Waals surface area contributed by atoms with Crippen molar-refractivity contribution >= 4 is 0 Å². The number of phenols is 1. The van der Waals surface area contributed by atoms with Gasteiger partial charge in [0.25, 0.3) is 0 Å². The zero-order valence-electron chi connectivity index (χ0n) is 12.3. The number of hydrogen-bond acceptors (Lipinski definition) is 1. The average molecular weight is 448 g/mol. The highest BCUT2D eigenvalue weighted by Gasteiger charge is 2.66. The van der Waals surface area contributed by atoms with Crippen LogP contribution in [-0.4, -0.2) is 23.6 Å². The molecule has 0 unspecified atom stereocenters. The van der Waals surface area contributed by atoms with Gasteiger partial charge in [0.1, 0.15) is 5.75 Å². The van der Waals surface area contributed by atoms with E-state index in [9.17, 15) is 65.9 Å². The number of halogens is 15. The summed E-state index contributed by atoms with van der Waals surface area (Å²) in [6.45, 7) is 0. The average Bonchev–Trinajstić information content (AvgIpc) is 2.42. The van der Waals surface area contributed by atoms with Crippen molar-refractivity contribution in [3.8, 4) is 5.75 Å². The SMILES string of the molecule is Oc1c(C(F)(F)C(F)(F)F)cc(C(F)(F)C(F)(F)F)cc1C(F)(F)C(F)(F)F. The third-order valence-corrected chi connectivity index (χ3v) is 3.22. The Morgan fingerprint density at radius 3 is 0.929 bits per heavy atom. The fourth-order valence-electron chi connectivity index (χ4n) is 1.76. The Hall–Kier alpha value is -2.03. The summed E-state index contributed by atoms with van der Waals surface area (Å²) in [6.07, 6.45) is -20.5. The number of aromatic hydroxyl groups is 1. The predicted octanol–water partition coefficient (Wildman–Crippen LogP) is 6.35. The molecule has 0 heterocycles. The van der Waals surface area contributed by atoms with E-state index in [2.05, 4.69) is 0 Å². The summed E-state index contributed by atoms with van der Waals surface area (Å²) in [7, 11) is 0. The van der Waals surface area contributed by atoms with E-state index in [1.807, 2.05) is 0 Å². The van der Waals surface area contributed by atoms with E-state index in [4.69, 9.17) is 5.11 Å². The largest absolute Gasteiger partial charge is 0.507 e. The lowest BCUT2D eigenvalue weighted by atomic mass is 9.93. The van der Waals surface area contributed by atoms with E-state index in [-0.39, 0.29) is 0 Å². The first kappa shape index (κ1) is 24.0. The smallest absolute Gasteiger partial charge is 0.458 e. The van der Waals surface area contributed by atoms with Gasteiger partial charge in [0.2, 0.25) is 0 Å². The molecule has 0 atom stereocenters. The van der Waals surface area contributed by atoms with Crippen molar-refractivity contribution in [3.63, 3.8) is 0 Å². The summed E-state index contributed by atoms with van der Waals surface area (Å²) >= 11 is 0. The molecule has 0 aliphatic carbocycles. The van der Waals surface area contributed by atoms with Crippen molar-refractivity contribution in [2.75, 3.05) is 0 Å². The first-order valence-corrected chi connectivity index (χ1v) is 6.21. The quantitative estimate of drug-likeness (QED) is 0.535. The van der Waals surface area contributed by atoms with Gasteiger partial charge in [-0.15, -0.1) is 0 Å². The molecule has 1 aromatic rings. The Morgan fingerprint density at radius 2 is 0.714 bits per heavy atom. The molecular formula is C12H3F15O. The van der Waals surface area contributed by atoms with Crippen molar-refractivity contribution in [2.24, 2.45) is 0 Å². The van der Waals surface area contributed by atoms with Crippen LogP contribution in [0.4, 0.5) is 65.9 Å². The summed E-state index contributed by atoms with van der Waals surface area (Å²) in [4.78, 5) is 0. The minimum atomic E-state index is -6.86. The van der Waals surface area contributed by atoms with Gasteiger partial charge in [-0.2, -0.15) is 65.9 Å². The van der Waals surface area contributed by atoms with Crippen molar-refractivity contribution in [3.05, 3.63) is 28.8 Å². The summed E-state index contributed by atoms with van der Waals surface area (Å²) in [5.74, 6) is -22.7. The van der Waals surface area contributed by atoms with Crippen LogP contribution in [0.5, 0.6) is 5.75 Å². The molecule has 0 spiro atoms. The van der Waals surface area contributed by atoms with Crippen LogP contribution in [0, 0.1) is 0 Å². The molecule has 28 heavy (non-hydrogen) atoms. The lowest BCUT2D eigenvalue weighted by molar-refractivity contribution is -0.295. The van der Waals surface area contributed by atoms with Gasteiger partial charge in [0, 0.05) is 5.56 Å². The Bertz CT molecular complexity index is 690. The molecular weight excluding hydrogens is 445 g/mol. The molecule has 0 radical (unpaired) electrons. The fraction of sp³-hybridized carbons (Fsp3) is 0.500. The van der Waals surface area contributed by atoms with Crippen molar-refractivity contribution in [2.45, 2.75) is 36.3 Å². The van der Waals surface area contributed by atoms with Gasteiger partial charge in [-0.3, -0.25) is 0 Å². The topological polar surface area (TPSA) is 20.2 Å². The maximum atomic E-state index is 13.3. The van der Waals surface area contributed by atoms with Gasteiger partial charge >= 0.3 is 36.3 Å². The highest BCUT2D eigenvalue weighted by atomic mass is 19.4. The second-order valence-electron chi connectivity index (χ2n) is 5.14. The Labute approximate surface area is 143 Å². The summed E-state index contributed by atoms with van der Waals surface area (Å²) < 4.78 is 191. The standard InChI is InChI=1S/C12H3F15O/c13-7(14,10(19,20)21)3-1-4(8(15,16)11(22,23)24)6(28)5(2-3)9(17,18)12(25,26)27/h1-2,28H. The number of phenolic OH excluding ortho intramolecular Hbond substituents is 1. The zero-order chi connectivity index (χ0) is 22.7. The molecule has 1 nitrogen and oxygen atoms in total. The minimum absolute atomic E-state index is 1.35. The molecule has 0 aromatic heterocycles.